The maximum absolute atomic E-state index is 11.6. The molecule has 1 aromatic carbocycles. The van der Waals surface area contributed by atoms with Gasteiger partial charge in [-0.25, -0.2) is 0 Å². The first-order chi connectivity index (χ1) is 8.56. The lowest BCUT2D eigenvalue weighted by molar-refractivity contribution is -0.123. The van der Waals surface area contributed by atoms with Crippen LogP contribution in [0.4, 0.5) is 0 Å². The summed E-state index contributed by atoms with van der Waals surface area (Å²) in [5, 5.41) is 3.86. The number of hydrogen-bond donors (Lipinski definition) is 1. The van der Waals surface area contributed by atoms with Crippen LogP contribution in [0.5, 0.6) is 5.75 Å². The maximum atomic E-state index is 11.6. The highest BCUT2D eigenvalue weighted by molar-refractivity contribution is 6.35. The van der Waals surface area contributed by atoms with Gasteiger partial charge in [-0.05, 0) is 43.9 Å². The van der Waals surface area contributed by atoms with Crippen LogP contribution >= 0.6 is 23.2 Å². The number of carbonyl (C=O) groups is 1. The lowest BCUT2D eigenvalue weighted by Gasteiger charge is -2.13. The summed E-state index contributed by atoms with van der Waals surface area (Å²) in [6.45, 7) is 1.99. The minimum absolute atomic E-state index is 0.0294. The van der Waals surface area contributed by atoms with Crippen molar-refractivity contribution in [3.05, 3.63) is 28.2 Å². The molecule has 1 unspecified atom stereocenters. The predicted molar refractivity (Wildman–Crippen MR) is 72.3 cm³/mol. The van der Waals surface area contributed by atoms with Crippen LogP contribution in [0.25, 0.3) is 0 Å². The lowest BCUT2D eigenvalue weighted by atomic mass is 10.2. The van der Waals surface area contributed by atoms with Crippen LogP contribution in [0, 0.1) is 5.92 Å². The van der Waals surface area contributed by atoms with Crippen LogP contribution in [0.3, 0.4) is 0 Å². The van der Waals surface area contributed by atoms with Gasteiger partial charge >= 0.3 is 0 Å². The number of halogens is 2. The summed E-state index contributed by atoms with van der Waals surface area (Å²) in [6, 6.07) is 5.14. The fourth-order valence-corrected chi connectivity index (χ4v) is 2.21. The van der Waals surface area contributed by atoms with Crippen molar-refractivity contribution in [2.75, 3.05) is 6.61 Å². The lowest BCUT2D eigenvalue weighted by Crippen LogP contribution is -2.37. The molecule has 1 atom stereocenters. The van der Waals surface area contributed by atoms with E-state index in [2.05, 4.69) is 5.32 Å². The zero-order valence-corrected chi connectivity index (χ0v) is 11.6. The van der Waals surface area contributed by atoms with E-state index in [0.29, 0.717) is 21.7 Å². The van der Waals surface area contributed by atoms with Gasteiger partial charge in [-0.3, -0.25) is 4.79 Å². The van der Waals surface area contributed by atoms with E-state index in [1.807, 2.05) is 6.92 Å². The highest BCUT2D eigenvalue weighted by atomic mass is 35.5. The Kier molecular flexibility index (Phi) is 4.36. The molecule has 1 N–H and O–H groups in total. The van der Waals surface area contributed by atoms with E-state index >= 15 is 0 Å². The second-order valence-corrected chi connectivity index (χ2v) is 5.40. The highest BCUT2D eigenvalue weighted by Gasteiger charge is 2.28. The number of hydrogen-bond acceptors (Lipinski definition) is 2. The second kappa shape index (κ2) is 5.81. The molecule has 3 nitrogen and oxygen atoms in total. The molecule has 1 fully saturated rings. The minimum Gasteiger partial charge on any atom is -0.482 e. The first-order valence-corrected chi connectivity index (χ1v) is 6.69. The van der Waals surface area contributed by atoms with Gasteiger partial charge in [0.2, 0.25) is 0 Å². The molecule has 1 amide bonds. The molecule has 5 heteroatoms. The fourth-order valence-electron chi connectivity index (χ4n) is 1.75. The van der Waals surface area contributed by atoms with E-state index in [0.717, 1.165) is 0 Å². The molecule has 1 saturated carbocycles. The molecular formula is C13H15Cl2NO2. The van der Waals surface area contributed by atoms with Gasteiger partial charge in [-0.15, -0.1) is 0 Å². The first-order valence-electron chi connectivity index (χ1n) is 5.93. The first kappa shape index (κ1) is 13.5. The summed E-state index contributed by atoms with van der Waals surface area (Å²) in [4.78, 5) is 11.6. The Bertz CT molecular complexity index is 447. The minimum atomic E-state index is -0.125. The van der Waals surface area contributed by atoms with Gasteiger partial charge in [0.05, 0.1) is 5.02 Å². The molecule has 0 heterocycles. The van der Waals surface area contributed by atoms with E-state index in [-0.39, 0.29) is 18.6 Å². The number of carbonyl (C=O) groups excluding carboxylic acids is 1. The van der Waals surface area contributed by atoms with E-state index in [1.165, 1.54) is 12.8 Å². The summed E-state index contributed by atoms with van der Waals surface area (Å²) in [5.41, 5.74) is 0. The van der Waals surface area contributed by atoms with Gasteiger partial charge < -0.3 is 10.1 Å². The van der Waals surface area contributed by atoms with Crippen molar-refractivity contribution in [1.29, 1.82) is 0 Å². The number of nitrogens with one attached hydrogen (secondary N) is 1. The summed E-state index contributed by atoms with van der Waals surface area (Å²) < 4.78 is 5.35. The quantitative estimate of drug-likeness (QED) is 0.903. The second-order valence-electron chi connectivity index (χ2n) is 4.56. The van der Waals surface area contributed by atoms with Crippen LogP contribution in [0.2, 0.25) is 10.0 Å². The Morgan fingerprint density at radius 3 is 2.83 bits per heavy atom. The molecule has 0 radical (unpaired) electrons. The zero-order chi connectivity index (χ0) is 13.1. The fraction of sp³-hybridized carbons (Fsp3) is 0.462. The molecule has 98 valence electrons. The van der Waals surface area contributed by atoms with Gasteiger partial charge in [-0.2, -0.15) is 0 Å². The van der Waals surface area contributed by atoms with Crippen molar-refractivity contribution < 1.29 is 9.53 Å². The van der Waals surface area contributed by atoms with Crippen molar-refractivity contribution in [1.82, 2.24) is 5.32 Å². The van der Waals surface area contributed by atoms with Crippen LogP contribution in [-0.2, 0) is 4.79 Å². The Labute approximate surface area is 116 Å². The molecule has 0 aliphatic heterocycles. The Balaban J connectivity index is 1.81. The Morgan fingerprint density at radius 1 is 1.50 bits per heavy atom. The van der Waals surface area contributed by atoms with Crippen molar-refractivity contribution in [2.24, 2.45) is 5.92 Å². The zero-order valence-electron chi connectivity index (χ0n) is 10.1. The van der Waals surface area contributed by atoms with Gasteiger partial charge in [-0.1, -0.05) is 23.2 Å². The van der Waals surface area contributed by atoms with E-state index < -0.39 is 0 Å². The summed E-state index contributed by atoms with van der Waals surface area (Å²) in [5.74, 6) is 0.976. The van der Waals surface area contributed by atoms with E-state index in [4.69, 9.17) is 27.9 Å². The van der Waals surface area contributed by atoms with E-state index in [1.54, 1.807) is 18.2 Å². The van der Waals surface area contributed by atoms with Crippen molar-refractivity contribution in [2.45, 2.75) is 25.8 Å². The van der Waals surface area contributed by atoms with Crippen LogP contribution in [-0.4, -0.2) is 18.6 Å². The molecule has 1 aliphatic rings. The van der Waals surface area contributed by atoms with Gasteiger partial charge in [0, 0.05) is 11.1 Å². The van der Waals surface area contributed by atoms with Crippen molar-refractivity contribution >= 4 is 29.1 Å². The van der Waals surface area contributed by atoms with Crippen molar-refractivity contribution in [3.63, 3.8) is 0 Å². The van der Waals surface area contributed by atoms with Gasteiger partial charge in [0.25, 0.3) is 5.91 Å². The summed E-state index contributed by atoms with van der Waals surface area (Å²) in [6.07, 6.45) is 2.40. The van der Waals surface area contributed by atoms with Gasteiger partial charge in [0.1, 0.15) is 5.75 Å². The average molecular weight is 288 g/mol. The topological polar surface area (TPSA) is 38.3 Å². The van der Waals surface area contributed by atoms with Crippen LogP contribution in [0.1, 0.15) is 19.8 Å². The largest absolute Gasteiger partial charge is 0.482 e. The molecule has 1 aromatic rings. The Morgan fingerprint density at radius 2 is 2.22 bits per heavy atom. The van der Waals surface area contributed by atoms with Crippen molar-refractivity contribution in [3.8, 4) is 5.75 Å². The summed E-state index contributed by atoms with van der Waals surface area (Å²) in [7, 11) is 0. The number of ether oxygens (including phenoxy) is 1. The standard InChI is InChI=1S/C13H15Cl2NO2/c1-8(9-2-3-9)16-13(17)7-18-12-5-4-10(14)6-11(12)15/h4-6,8-9H,2-3,7H2,1H3,(H,16,17). The molecule has 0 saturated heterocycles. The van der Waals surface area contributed by atoms with Gasteiger partial charge in [0.15, 0.2) is 6.61 Å². The summed E-state index contributed by atoms with van der Waals surface area (Å²) >= 11 is 11.7. The third-order valence-corrected chi connectivity index (χ3v) is 3.50. The Hall–Kier alpha value is -0.930. The third-order valence-electron chi connectivity index (χ3n) is 2.97. The average Bonchev–Trinajstić information content (AvgIpc) is 3.11. The maximum Gasteiger partial charge on any atom is 0.258 e. The predicted octanol–water partition coefficient (Wildman–Crippen LogP) is 3.29. The SMILES string of the molecule is CC(NC(=O)COc1ccc(Cl)cc1Cl)C1CC1. The molecule has 18 heavy (non-hydrogen) atoms. The third kappa shape index (κ3) is 3.79. The molecule has 0 spiro atoms. The molecule has 1 aliphatic carbocycles. The monoisotopic (exact) mass is 287 g/mol. The van der Waals surface area contributed by atoms with E-state index in [9.17, 15) is 4.79 Å². The smallest absolute Gasteiger partial charge is 0.258 e. The van der Waals surface area contributed by atoms with Crippen LogP contribution in [0.15, 0.2) is 18.2 Å². The molecule has 0 aromatic heterocycles. The number of amides is 1. The van der Waals surface area contributed by atoms with Crippen LogP contribution < -0.4 is 10.1 Å². The normalized spacial score (nSPS) is 16.2. The number of benzene rings is 1. The molecular weight excluding hydrogens is 273 g/mol. The highest BCUT2D eigenvalue weighted by Crippen LogP contribution is 2.32. The number of rotatable bonds is 5. The molecule has 2 rings (SSSR count). The molecule has 0 bridgehead atoms.